The molecule has 0 aliphatic carbocycles. The van der Waals surface area contributed by atoms with Crippen LogP contribution in [0.3, 0.4) is 0 Å². The largest absolute Gasteiger partial charge is 0.459 e. The summed E-state index contributed by atoms with van der Waals surface area (Å²) in [5.41, 5.74) is 5.58. The van der Waals surface area contributed by atoms with Gasteiger partial charge in [0.2, 0.25) is 0 Å². The first-order valence-corrected chi connectivity index (χ1v) is 6.23. The molecule has 0 spiro atoms. The summed E-state index contributed by atoms with van der Waals surface area (Å²) >= 11 is 0. The lowest BCUT2D eigenvalue weighted by molar-refractivity contribution is 0.0831. The van der Waals surface area contributed by atoms with Gasteiger partial charge in [-0.2, -0.15) is 0 Å². The van der Waals surface area contributed by atoms with Crippen LogP contribution in [0.15, 0.2) is 59.3 Å². The average Bonchev–Trinajstić information content (AvgIpc) is 3.06. The summed E-state index contributed by atoms with van der Waals surface area (Å²) in [4.78, 5) is 28.0. The molecule has 104 valence electrons. The number of aromatic nitrogens is 1. The Morgan fingerprint density at radius 1 is 0.952 bits per heavy atom. The van der Waals surface area contributed by atoms with Crippen LogP contribution < -0.4 is 10.9 Å². The van der Waals surface area contributed by atoms with Gasteiger partial charge in [0.1, 0.15) is 0 Å². The highest BCUT2D eigenvalue weighted by Crippen LogP contribution is 2.15. The predicted octanol–water partition coefficient (Wildman–Crippen LogP) is 1.90. The number of amides is 2. The highest BCUT2D eigenvalue weighted by atomic mass is 16.3. The normalized spacial score (nSPS) is 10.3. The van der Waals surface area contributed by atoms with Crippen molar-refractivity contribution < 1.29 is 14.0 Å². The van der Waals surface area contributed by atoms with Gasteiger partial charge in [0, 0.05) is 11.6 Å². The van der Waals surface area contributed by atoms with Gasteiger partial charge >= 0.3 is 5.91 Å². The Labute approximate surface area is 119 Å². The quantitative estimate of drug-likeness (QED) is 0.703. The van der Waals surface area contributed by atoms with Crippen LogP contribution in [0.25, 0.3) is 10.9 Å². The van der Waals surface area contributed by atoms with E-state index in [0.29, 0.717) is 11.1 Å². The van der Waals surface area contributed by atoms with Crippen LogP contribution in [0.4, 0.5) is 0 Å². The number of rotatable bonds is 2. The van der Waals surface area contributed by atoms with E-state index in [1.165, 1.54) is 12.3 Å². The van der Waals surface area contributed by atoms with Gasteiger partial charge in [-0.3, -0.25) is 25.4 Å². The summed E-state index contributed by atoms with van der Waals surface area (Å²) in [6, 6.07) is 12.0. The molecular formula is C15H11N3O3. The molecule has 3 rings (SSSR count). The lowest BCUT2D eigenvalue weighted by Crippen LogP contribution is -2.41. The Bertz CT molecular complexity index is 792. The van der Waals surface area contributed by atoms with Gasteiger partial charge in [-0.15, -0.1) is 0 Å². The third kappa shape index (κ3) is 2.59. The van der Waals surface area contributed by atoms with Gasteiger partial charge in [0.05, 0.1) is 17.3 Å². The summed E-state index contributed by atoms with van der Waals surface area (Å²) in [7, 11) is 0. The smallest absolute Gasteiger partial charge is 0.305 e. The van der Waals surface area contributed by atoms with Crippen molar-refractivity contribution in [2.45, 2.75) is 0 Å². The number of hydrogen-bond acceptors (Lipinski definition) is 4. The number of pyridine rings is 1. The fraction of sp³-hybridized carbons (Fsp3) is 0. The van der Waals surface area contributed by atoms with E-state index in [1.54, 1.807) is 30.5 Å². The molecule has 0 saturated heterocycles. The standard InChI is InChI=1S/C15H11N3O3/c19-14(17-18-15(20)12-7-3-9-21-12)11-6-1-4-10-5-2-8-16-13(10)11/h1-9H,(H,17,19)(H,18,20). The molecule has 21 heavy (non-hydrogen) atoms. The fourth-order valence-corrected chi connectivity index (χ4v) is 1.94. The van der Waals surface area contributed by atoms with E-state index in [9.17, 15) is 9.59 Å². The summed E-state index contributed by atoms with van der Waals surface area (Å²) in [6.07, 6.45) is 2.99. The van der Waals surface area contributed by atoms with Crippen molar-refractivity contribution in [3.05, 3.63) is 66.2 Å². The maximum Gasteiger partial charge on any atom is 0.305 e. The maximum atomic E-state index is 12.1. The van der Waals surface area contributed by atoms with E-state index in [2.05, 4.69) is 15.8 Å². The van der Waals surface area contributed by atoms with Crippen LogP contribution in [-0.2, 0) is 0 Å². The van der Waals surface area contributed by atoms with E-state index >= 15 is 0 Å². The van der Waals surface area contributed by atoms with Crippen LogP contribution in [0.5, 0.6) is 0 Å². The highest BCUT2D eigenvalue weighted by Gasteiger charge is 2.13. The average molecular weight is 281 g/mol. The van der Waals surface area contributed by atoms with Crippen molar-refractivity contribution in [1.29, 1.82) is 0 Å². The number of benzene rings is 1. The van der Waals surface area contributed by atoms with Crippen molar-refractivity contribution >= 4 is 22.7 Å². The fourth-order valence-electron chi connectivity index (χ4n) is 1.94. The Morgan fingerprint density at radius 3 is 2.57 bits per heavy atom. The number of furan rings is 1. The first kappa shape index (κ1) is 12.9. The minimum Gasteiger partial charge on any atom is -0.459 e. The van der Waals surface area contributed by atoms with Gasteiger partial charge < -0.3 is 4.42 Å². The number of hydrazine groups is 1. The van der Waals surface area contributed by atoms with Crippen molar-refractivity contribution in [1.82, 2.24) is 15.8 Å². The third-order valence-corrected chi connectivity index (χ3v) is 2.91. The monoisotopic (exact) mass is 281 g/mol. The van der Waals surface area contributed by atoms with E-state index in [-0.39, 0.29) is 5.76 Å². The van der Waals surface area contributed by atoms with Gasteiger partial charge in [-0.25, -0.2) is 0 Å². The highest BCUT2D eigenvalue weighted by molar-refractivity contribution is 6.06. The molecule has 0 atom stereocenters. The number of carbonyl (C=O) groups is 2. The Hall–Kier alpha value is -3.15. The molecule has 2 N–H and O–H groups in total. The zero-order chi connectivity index (χ0) is 14.7. The molecule has 0 aliphatic rings. The van der Waals surface area contributed by atoms with Gasteiger partial charge in [-0.05, 0) is 24.3 Å². The van der Waals surface area contributed by atoms with Gasteiger partial charge in [0.25, 0.3) is 5.91 Å². The number of nitrogens with zero attached hydrogens (tertiary/aromatic N) is 1. The Balaban J connectivity index is 1.77. The lowest BCUT2D eigenvalue weighted by atomic mass is 10.1. The van der Waals surface area contributed by atoms with Crippen LogP contribution in [0, 0.1) is 0 Å². The molecule has 2 amide bonds. The van der Waals surface area contributed by atoms with E-state index in [0.717, 1.165) is 5.39 Å². The molecule has 2 heterocycles. The molecule has 6 heteroatoms. The molecule has 0 saturated carbocycles. The second-order valence-corrected chi connectivity index (χ2v) is 4.27. The SMILES string of the molecule is O=C(NNC(=O)c1cccc2cccnc12)c1ccco1. The molecule has 0 aliphatic heterocycles. The molecule has 0 unspecified atom stereocenters. The molecule has 0 bridgehead atoms. The summed E-state index contributed by atoms with van der Waals surface area (Å²) in [5, 5.41) is 0.850. The Morgan fingerprint density at radius 2 is 1.76 bits per heavy atom. The van der Waals surface area contributed by atoms with Crippen LogP contribution >= 0.6 is 0 Å². The minimum atomic E-state index is -0.526. The molecular weight excluding hydrogens is 270 g/mol. The molecule has 6 nitrogen and oxygen atoms in total. The number of fused-ring (bicyclic) bond motifs is 1. The van der Waals surface area contributed by atoms with Crippen molar-refractivity contribution in [2.24, 2.45) is 0 Å². The van der Waals surface area contributed by atoms with Crippen molar-refractivity contribution in [3.63, 3.8) is 0 Å². The first-order chi connectivity index (χ1) is 10.3. The van der Waals surface area contributed by atoms with Crippen LogP contribution in [0.2, 0.25) is 0 Å². The summed E-state index contributed by atoms with van der Waals surface area (Å²) < 4.78 is 4.93. The number of carbonyl (C=O) groups excluding carboxylic acids is 2. The zero-order valence-corrected chi connectivity index (χ0v) is 10.9. The van der Waals surface area contributed by atoms with E-state index < -0.39 is 11.8 Å². The minimum absolute atomic E-state index is 0.117. The second kappa shape index (κ2) is 5.46. The van der Waals surface area contributed by atoms with Gasteiger partial charge in [-0.1, -0.05) is 18.2 Å². The predicted molar refractivity (Wildman–Crippen MR) is 75.4 cm³/mol. The molecule has 1 aromatic carbocycles. The van der Waals surface area contributed by atoms with Crippen LogP contribution in [-0.4, -0.2) is 16.8 Å². The lowest BCUT2D eigenvalue weighted by Gasteiger charge is -2.07. The summed E-state index contributed by atoms with van der Waals surface area (Å²) in [5.74, 6) is -0.855. The first-order valence-electron chi connectivity index (χ1n) is 6.23. The summed E-state index contributed by atoms with van der Waals surface area (Å²) in [6.45, 7) is 0. The molecule has 2 aromatic heterocycles. The topological polar surface area (TPSA) is 84.2 Å². The molecule has 3 aromatic rings. The Kier molecular flexibility index (Phi) is 3.34. The number of hydrogen-bond donors (Lipinski definition) is 2. The maximum absolute atomic E-state index is 12.1. The molecule has 0 fully saturated rings. The third-order valence-electron chi connectivity index (χ3n) is 2.91. The van der Waals surface area contributed by atoms with Crippen molar-refractivity contribution in [3.8, 4) is 0 Å². The molecule has 0 radical (unpaired) electrons. The van der Waals surface area contributed by atoms with Gasteiger partial charge in [0.15, 0.2) is 5.76 Å². The van der Waals surface area contributed by atoms with E-state index in [4.69, 9.17) is 4.42 Å². The zero-order valence-electron chi connectivity index (χ0n) is 10.9. The number of nitrogens with one attached hydrogen (secondary N) is 2. The number of para-hydroxylation sites is 1. The van der Waals surface area contributed by atoms with Crippen LogP contribution in [0.1, 0.15) is 20.9 Å². The van der Waals surface area contributed by atoms with Crippen molar-refractivity contribution in [2.75, 3.05) is 0 Å². The second-order valence-electron chi connectivity index (χ2n) is 4.27. The van der Waals surface area contributed by atoms with E-state index in [1.807, 2.05) is 12.1 Å².